The molecule has 0 aromatic heterocycles. The number of amides is 1. The van der Waals surface area contributed by atoms with Gasteiger partial charge in [0.15, 0.2) is 0 Å². The van der Waals surface area contributed by atoms with Crippen LogP contribution in [0.15, 0.2) is 18.2 Å². The van der Waals surface area contributed by atoms with E-state index < -0.39 is 4.92 Å². The number of nitrogens with one attached hydrogen (secondary N) is 1. The molecular formula is C13H18N2O5. The third-order valence-corrected chi connectivity index (χ3v) is 2.95. The molecule has 0 aliphatic carbocycles. The van der Waals surface area contributed by atoms with Gasteiger partial charge in [0.1, 0.15) is 5.75 Å². The van der Waals surface area contributed by atoms with E-state index in [4.69, 9.17) is 9.84 Å². The molecule has 1 amide bonds. The van der Waals surface area contributed by atoms with E-state index in [0.29, 0.717) is 12.8 Å². The first kappa shape index (κ1) is 15.9. The quantitative estimate of drug-likeness (QED) is 0.582. The third-order valence-electron chi connectivity index (χ3n) is 2.95. The molecule has 7 heteroatoms. The summed E-state index contributed by atoms with van der Waals surface area (Å²) < 4.78 is 5.02. The lowest BCUT2D eigenvalue weighted by Gasteiger charge is -2.16. The third kappa shape index (κ3) is 3.92. The number of non-ortho nitro benzene ring substituents is 1. The Morgan fingerprint density at radius 1 is 1.55 bits per heavy atom. The molecule has 0 aliphatic heterocycles. The Labute approximate surface area is 116 Å². The number of methoxy groups -OCH3 is 1. The summed E-state index contributed by atoms with van der Waals surface area (Å²) in [6, 6.07) is 3.68. The van der Waals surface area contributed by atoms with Crippen LogP contribution in [-0.4, -0.2) is 35.7 Å². The lowest BCUT2D eigenvalue weighted by Crippen LogP contribution is -2.35. The molecule has 20 heavy (non-hydrogen) atoms. The summed E-state index contributed by atoms with van der Waals surface area (Å²) in [7, 11) is 1.35. The Morgan fingerprint density at radius 2 is 2.25 bits per heavy atom. The molecule has 1 rings (SSSR count). The maximum absolute atomic E-state index is 12.1. The van der Waals surface area contributed by atoms with Crippen molar-refractivity contribution in [2.75, 3.05) is 13.7 Å². The number of carbonyl (C=O) groups is 1. The summed E-state index contributed by atoms with van der Waals surface area (Å²) in [4.78, 5) is 22.2. The van der Waals surface area contributed by atoms with Crippen LogP contribution in [0.5, 0.6) is 5.75 Å². The van der Waals surface area contributed by atoms with Gasteiger partial charge in [-0.1, -0.05) is 6.92 Å². The molecule has 1 atom stereocenters. The highest BCUT2D eigenvalue weighted by molar-refractivity contribution is 5.97. The molecule has 0 aliphatic rings. The summed E-state index contributed by atoms with van der Waals surface area (Å²) in [5, 5.41) is 22.3. The van der Waals surface area contributed by atoms with Crippen molar-refractivity contribution in [3.8, 4) is 5.75 Å². The van der Waals surface area contributed by atoms with E-state index >= 15 is 0 Å². The normalized spacial score (nSPS) is 11.8. The molecule has 0 spiro atoms. The van der Waals surface area contributed by atoms with Crippen molar-refractivity contribution in [2.24, 2.45) is 0 Å². The second-order valence-corrected chi connectivity index (χ2v) is 4.23. The molecular weight excluding hydrogens is 264 g/mol. The Balaban J connectivity index is 2.94. The van der Waals surface area contributed by atoms with Crippen molar-refractivity contribution < 1.29 is 19.6 Å². The standard InChI is InChI=1S/C13H18N2O5/c1-3-9(6-7-16)14-13(17)11-5-4-10(15(18)19)8-12(11)20-2/h4-5,8-9,16H,3,6-7H2,1-2H3,(H,14,17). The van der Waals surface area contributed by atoms with Gasteiger partial charge >= 0.3 is 0 Å². The molecule has 1 aromatic carbocycles. The number of benzene rings is 1. The van der Waals surface area contributed by atoms with Gasteiger partial charge < -0.3 is 15.2 Å². The molecule has 0 saturated heterocycles. The van der Waals surface area contributed by atoms with E-state index in [1.54, 1.807) is 0 Å². The minimum atomic E-state index is -0.551. The van der Waals surface area contributed by atoms with E-state index in [1.165, 1.54) is 25.3 Å². The number of nitrogens with zero attached hydrogens (tertiary/aromatic N) is 1. The number of ether oxygens (including phenoxy) is 1. The van der Waals surface area contributed by atoms with Crippen molar-refractivity contribution in [3.05, 3.63) is 33.9 Å². The van der Waals surface area contributed by atoms with E-state index in [0.717, 1.165) is 0 Å². The van der Waals surface area contributed by atoms with Crippen molar-refractivity contribution in [2.45, 2.75) is 25.8 Å². The Morgan fingerprint density at radius 3 is 2.75 bits per heavy atom. The monoisotopic (exact) mass is 282 g/mol. The predicted molar refractivity (Wildman–Crippen MR) is 72.9 cm³/mol. The van der Waals surface area contributed by atoms with Gasteiger partial charge in [-0.15, -0.1) is 0 Å². The second kappa shape index (κ2) is 7.44. The molecule has 1 unspecified atom stereocenters. The average Bonchev–Trinajstić information content (AvgIpc) is 2.45. The highest BCUT2D eigenvalue weighted by atomic mass is 16.6. The van der Waals surface area contributed by atoms with Gasteiger partial charge in [0.25, 0.3) is 11.6 Å². The van der Waals surface area contributed by atoms with E-state index in [-0.39, 0.29) is 35.6 Å². The summed E-state index contributed by atoms with van der Waals surface area (Å²) in [6.07, 6.45) is 1.14. The smallest absolute Gasteiger partial charge is 0.273 e. The summed E-state index contributed by atoms with van der Waals surface area (Å²) in [5.74, 6) is -0.229. The van der Waals surface area contributed by atoms with Crippen LogP contribution in [0.4, 0.5) is 5.69 Å². The van der Waals surface area contributed by atoms with Gasteiger partial charge in [0.05, 0.1) is 23.7 Å². The summed E-state index contributed by atoms with van der Waals surface area (Å²) in [6.45, 7) is 1.88. The number of hydrogen-bond donors (Lipinski definition) is 2. The number of carbonyl (C=O) groups excluding carboxylic acids is 1. The SMILES string of the molecule is CCC(CCO)NC(=O)c1ccc([N+](=O)[O-])cc1OC. The molecule has 0 bridgehead atoms. The Hall–Kier alpha value is -2.15. The van der Waals surface area contributed by atoms with Crippen LogP contribution in [0.1, 0.15) is 30.1 Å². The van der Waals surface area contributed by atoms with Crippen LogP contribution < -0.4 is 10.1 Å². The summed E-state index contributed by atoms with van der Waals surface area (Å²) in [5.41, 5.74) is 0.0929. The van der Waals surface area contributed by atoms with E-state index in [2.05, 4.69) is 5.32 Å². The van der Waals surface area contributed by atoms with Crippen LogP contribution >= 0.6 is 0 Å². The highest BCUT2D eigenvalue weighted by Crippen LogP contribution is 2.24. The van der Waals surface area contributed by atoms with Crippen LogP contribution in [-0.2, 0) is 0 Å². The van der Waals surface area contributed by atoms with Crippen molar-refractivity contribution in [3.63, 3.8) is 0 Å². The zero-order valence-corrected chi connectivity index (χ0v) is 11.5. The fourth-order valence-corrected chi connectivity index (χ4v) is 1.78. The Bertz CT molecular complexity index is 490. The molecule has 0 fully saturated rings. The van der Waals surface area contributed by atoms with Gasteiger partial charge in [0.2, 0.25) is 0 Å². The average molecular weight is 282 g/mol. The number of rotatable bonds is 7. The molecule has 0 radical (unpaired) electrons. The van der Waals surface area contributed by atoms with Gasteiger partial charge in [-0.3, -0.25) is 14.9 Å². The number of aliphatic hydroxyl groups excluding tert-OH is 1. The van der Waals surface area contributed by atoms with E-state index in [9.17, 15) is 14.9 Å². The zero-order chi connectivity index (χ0) is 15.1. The predicted octanol–water partition coefficient (Wildman–Crippen LogP) is 1.49. The molecule has 110 valence electrons. The topological polar surface area (TPSA) is 102 Å². The second-order valence-electron chi connectivity index (χ2n) is 4.23. The fraction of sp³-hybridized carbons (Fsp3) is 0.462. The number of hydrogen-bond acceptors (Lipinski definition) is 5. The first-order valence-corrected chi connectivity index (χ1v) is 6.27. The van der Waals surface area contributed by atoms with Crippen LogP contribution in [0.2, 0.25) is 0 Å². The number of nitro benzene ring substituents is 1. The van der Waals surface area contributed by atoms with Crippen LogP contribution in [0.3, 0.4) is 0 Å². The lowest BCUT2D eigenvalue weighted by molar-refractivity contribution is -0.384. The first-order valence-electron chi connectivity index (χ1n) is 6.27. The van der Waals surface area contributed by atoms with Crippen LogP contribution in [0, 0.1) is 10.1 Å². The lowest BCUT2D eigenvalue weighted by atomic mass is 10.1. The molecule has 0 saturated carbocycles. The number of aliphatic hydroxyl groups is 1. The van der Waals surface area contributed by atoms with Crippen molar-refractivity contribution >= 4 is 11.6 Å². The van der Waals surface area contributed by atoms with Crippen LogP contribution in [0.25, 0.3) is 0 Å². The fourth-order valence-electron chi connectivity index (χ4n) is 1.78. The molecule has 7 nitrogen and oxygen atoms in total. The van der Waals surface area contributed by atoms with Gasteiger partial charge in [-0.05, 0) is 18.9 Å². The molecule has 1 aromatic rings. The zero-order valence-electron chi connectivity index (χ0n) is 11.5. The minimum Gasteiger partial charge on any atom is -0.496 e. The summed E-state index contributed by atoms with van der Waals surface area (Å²) >= 11 is 0. The maximum atomic E-state index is 12.1. The van der Waals surface area contributed by atoms with Gasteiger partial charge in [-0.25, -0.2) is 0 Å². The van der Waals surface area contributed by atoms with Gasteiger partial charge in [0, 0.05) is 18.7 Å². The number of nitro groups is 1. The molecule has 2 N–H and O–H groups in total. The minimum absolute atomic E-state index is 0.0177. The Kier molecular flexibility index (Phi) is 5.92. The van der Waals surface area contributed by atoms with Gasteiger partial charge in [-0.2, -0.15) is 0 Å². The first-order chi connectivity index (χ1) is 9.53. The maximum Gasteiger partial charge on any atom is 0.273 e. The van der Waals surface area contributed by atoms with Crippen molar-refractivity contribution in [1.29, 1.82) is 0 Å². The highest BCUT2D eigenvalue weighted by Gasteiger charge is 2.18. The largest absolute Gasteiger partial charge is 0.496 e. The van der Waals surface area contributed by atoms with E-state index in [1.807, 2.05) is 6.92 Å². The van der Waals surface area contributed by atoms with Crippen molar-refractivity contribution in [1.82, 2.24) is 5.32 Å². The molecule has 0 heterocycles.